The highest BCUT2D eigenvalue weighted by Crippen LogP contribution is 2.28. The van der Waals surface area contributed by atoms with Gasteiger partial charge in [-0.05, 0) is 6.07 Å². The maximum atomic E-state index is 4.12. The molecule has 0 aliphatic carbocycles. The SMILES string of the molecule is Cn1nccc1C1NCCS1. The fourth-order valence-electron chi connectivity index (χ4n) is 1.26. The summed E-state index contributed by atoms with van der Waals surface area (Å²) in [6, 6.07) is 2.07. The number of thioether (sulfide) groups is 1. The normalized spacial score (nSPS) is 24.3. The molecule has 1 fully saturated rings. The topological polar surface area (TPSA) is 29.9 Å². The zero-order valence-corrected chi connectivity index (χ0v) is 7.27. The van der Waals surface area contributed by atoms with E-state index in [1.54, 1.807) is 0 Å². The summed E-state index contributed by atoms with van der Waals surface area (Å²) in [6.07, 6.45) is 1.84. The summed E-state index contributed by atoms with van der Waals surface area (Å²) in [5, 5.41) is 7.99. The molecule has 4 heteroatoms. The van der Waals surface area contributed by atoms with Crippen LogP contribution >= 0.6 is 11.8 Å². The molecule has 0 aromatic carbocycles. The highest BCUT2D eigenvalue weighted by Gasteiger charge is 2.18. The van der Waals surface area contributed by atoms with Gasteiger partial charge in [-0.1, -0.05) is 0 Å². The van der Waals surface area contributed by atoms with Crippen LogP contribution in [-0.4, -0.2) is 22.1 Å². The Hall–Kier alpha value is -0.480. The monoisotopic (exact) mass is 169 g/mol. The smallest absolute Gasteiger partial charge is 0.0959 e. The molecule has 0 bridgehead atoms. The maximum Gasteiger partial charge on any atom is 0.0959 e. The van der Waals surface area contributed by atoms with Gasteiger partial charge in [0, 0.05) is 25.5 Å². The average Bonchev–Trinajstić information content (AvgIpc) is 2.55. The van der Waals surface area contributed by atoms with Crippen LogP contribution in [0.1, 0.15) is 11.1 Å². The van der Waals surface area contributed by atoms with E-state index < -0.39 is 0 Å². The lowest BCUT2D eigenvalue weighted by Gasteiger charge is -2.08. The van der Waals surface area contributed by atoms with Crippen LogP contribution in [-0.2, 0) is 7.05 Å². The van der Waals surface area contributed by atoms with Crippen LogP contribution in [0.5, 0.6) is 0 Å². The largest absolute Gasteiger partial charge is 0.300 e. The lowest BCUT2D eigenvalue weighted by molar-refractivity contribution is 0.651. The Morgan fingerprint density at radius 2 is 2.73 bits per heavy atom. The molecule has 0 amide bonds. The summed E-state index contributed by atoms with van der Waals surface area (Å²) >= 11 is 1.94. The molecule has 3 nitrogen and oxygen atoms in total. The van der Waals surface area contributed by atoms with Crippen molar-refractivity contribution in [1.82, 2.24) is 15.1 Å². The molecule has 1 saturated heterocycles. The van der Waals surface area contributed by atoms with Crippen molar-refractivity contribution in [3.05, 3.63) is 18.0 Å². The molecule has 1 aliphatic heterocycles. The van der Waals surface area contributed by atoms with Gasteiger partial charge in [0.2, 0.25) is 0 Å². The molecule has 1 N–H and O–H groups in total. The molecule has 60 valence electrons. The summed E-state index contributed by atoms with van der Waals surface area (Å²) in [6.45, 7) is 1.11. The summed E-state index contributed by atoms with van der Waals surface area (Å²) in [5.41, 5.74) is 1.27. The van der Waals surface area contributed by atoms with Crippen molar-refractivity contribution in [2.24, 2.45) is 7.05 Å². The van der Waals surface area contributed by atoms with Crippen molar-refractivity contribution < 1.29 is 0 Å². The van der Waals surface area contributed by atoms with Gasteiger partial charge < -0.3 is 0 Å². The van der Waals surface area contributed by atoms with Gasteiger partial charge in [0.25, 0.3) is 0 Å². The van der Waals surface area contributed by atoms with Crippen molar-refractivity contribution >= 4 is 11.8 Å². The fraction of sp³-hybridized carbons (Fsp3) is 0.571. The number of aromatic nitrogens is 2. The Kier molecular flexibility index (Phi) is 1.87. The van der Waals surface area contributed by atoms with E-state index in [1.165, 1.54) is 11.4 Å². The number of nitrogens with zero attached hydrogens (tertiary/aromatic N) is 2. The van der Waals surface area contributed by atoms with Crippen molar-refractivity contribution in [2.75, 3.05) is 12.3 Å². The Morgan fingerprint density at radius 3 is 3.27 bits per heavy atom. The van der Waals surface area contributed by atoms with Crippen molar-refractivity contribution in [3.63, 3.8) is 0 Å². The zero-order valence-electron chi connectivity index (χ0n) is 6.45. The first-order chi connectivity index (χ1) is 5.38. The predicted octanol–water partition coefficient (Wildman–Crippen LogP) is 0.755. The van der Waals surface area contributed by atoms with Gasteiger partial charge in [-0.15, -0.1) is 11.8 Å². The van der Waals surface area contributed by atoms with E-state index in [0.717, 1.165) is 6.54 Å². The zero-order chi connectivity index (χ0) is 7.68. The van der Waals surface area contributed by atoms with Crippen LogP contribution < -0.4 is 5.32 Å². The predicted molar refractivity (Wildman–Crippen MR) is 46.4 cm³/mol. The molecule has 1 unspecified atom stereocenters. The Labute approximate surface area is 70.2 Å². The highest BCUT2D eigenvalue weighted by atomic mass is 32.2. The van der Waals surface area contributed by atoms with Gasteiger partial charge >= 0.3 is 0 Å². The molecular formula is C7H11N3S. The van der Waals surface area contributed by atoms with Crippen molar-refractivity contribution in [1.29, 1.82) is 0 Å². The van der Waals surface area contributed by atoms with Crippen molar-refractivity contribution in [3.8, 4) is 0 Å². The van der Waals surface area contributed by atoms with E-state index in [2.05, 4.69) is 16.5 Å². The van der Waals surface area contributed by atoms with Gasteiger partial charge in [0.1, 0.15) is 0 Å². The number of aryl methyl sites for hydroxylation is 1. The summed E-state index contributed by atoms with van der Waals surface area (Å²) in [5.74, 6) is 1.20. The second kappa shape index (κ2) is 2.87. The molecule has 0 saturated carbocycles. The molecule has 2 heterocycles. The number of hydrogen-bond acceptors (Lipinski definition) is 3. The van der Waals surface area contributed by atoms with E-state index >= 15 is 0 Å². The molecule has 1 aliphatic rings. The lowest BCUT2D eigenvalue weighted by atomic mass is 10.4. The van der Waals surface area contributed by atoms with E-state index in [4.69, 9.17) is 0 Å². The standard InChI is InChI=1S/C7H11N3S/c1-10-6(2-3-9-10)7-8-4-5-11-7/h2-3,7-8H,4-5H2,1H3. The number of rotatable bonds is 1. The summed E-state index contributed by atoms with van der Waals surface area (Å²) in [7, 11) is 1.98. The fourth-order valence-corrected chi connectivity index (χ4v) is 2.37. The minimum atomic E-state index is 0.461. The Balaban J connectivity index is 2.21. The summed E-state index contributed by atoms with van der Waals surface area (Å²) in [4.78, 5) is 0. The minimum Gasteiger partial charge on any atom is -0.300 e. The van der Waals surface area contributed by atoms with E-state index in [-0.39, 0.29) is 0 Å². The third-order valence-electron chi connectivity index (χ3n) is 1.84. The Bertz CT molecular complexity index is 240. The van der Waals surface area contributed by atoms with Gasteiger partial charge in [-0.3, -0.25) is 10.00 Å². The lowest BCUT2D eigenvalue weighted by Crippen LogP contribution is -2.15. The van der Waals surface area contributed by atoms with Gasteiger partial charge in [0.15, 0.2) is 0 Å². The van der Waals surface area contributed by atoms with Crippen LogP contribution in [0, 0.1) is 0 Å². The first kappa shape index (κ1) is 7.18. The molecule has 0 radical (unpaired) electrons. The first-order valence-electron chi connectivity index (χ1n) is 3.71. The average molecular weight is 169 g/mol. The van der Waals surface area contributed by atoms with E-state index in [1.807, 2.05) is 29.7 Å². The van der Waals surface area contributed by atoms with Crippen LogP contribution in [0.15, 0.2) is 12.3 Å². The maximum absolute atomic E-state index is 4.12. The molecular weight excluding hydrogens is 158 g/mol. The molecule has 11 heavy (non-hydrogen) atoms. The number of nitrogens with one attached hydrogen (secondary N) is 1. The van der Waals surface area contributed by atoms with E-state index in [9.17, 15) is 0 Å². The van der Waals surface area contributed by atoms with Gasteiger partial charge in [-0.2, -0.15) is 5.10 Å². The van der Waals surface area contributed by atoms with Crippen LogP contribution in [0.25, 0.3) is 0 Å². The van der Waals surface area contributed by atoms with Crippen molar-refractivity contribution in [2.45, 2.75) is 5.37 Å². The second-order valence-corrected chi connectivity index (χ2v) is 3.80. The van der Waals surface area contributed by atoms with Crippen LogP contribution in [0.3, 0.4) is 0 Å². The van der Waals surface area contributed by atoms with Crippen LogP contribution in [0.2, 0.25) is 0 Å². The highest BCUT2D eigenvalue weighted by molar-refractivity contribution is 7.99. The first-order valence-corrected chi connectivity index (χ1v) is 4.76. The third-order valence-corrected chi connectivity index (χ3v) is 3.03. The van der Waals surface area contributed by atoms with E-state index in [0.29, 0.717) is 5.37 Å². The van der Waals surface area contributed by atoms with Gasteiger partial charge in [-0.25, -0.2) is 0 Å². The Morgan fingerprint density at radius 1 is 1.82 bits per heavy atom. The molecule has 1 aromatic heterocycles. The molecule has 0 spiro atoms. The van der Waals surface area contributed by atoms with Gasteiger partial charge in [0.05, 0.1) is 11.1 Å². The molecule has 2 rings (SSSR count). The third kappa shape index (κ3) is 1.28. The minimum absolute atomic E-state index is 0.461. The van der Waals surface area contributed by atoms with Crippen LogP contribution in [0.4, 0.5) is 0 Å². The summed E-state index contributed by atoms with van der Waals surface area (Å²) < 4.78 is 1.93. The second-order valence-electron chi connectivity index (χ2n) is 2.58. The molecule has 1 atom stereocenters. The molecule has 1 aromatic rings. The quantitative estimate of drug-likeness (QED) is 0.673. The number of hydrogen-bond donors (Lipinski definition) is 1.